The number of benzene rings is 3. The van der Waals surface area contributed by atoms with Gasteiger partial charge < -0.3 is 10.1 Å². The predicted molar refractivity (Wildman–Crippen MR) is 119 cm³/mol. The third kappa shape index (κ3) is 4.31. The molecule has 0 aliphatic heterocycles. The van der Waals surface area contributed by atoms with Gasteiger partial charge in [0.25, 0.3) is 15.9 Å². The highest BCUT2D eigenvalue weighted by Crippen LogP contribution is 2.27. The first-order chi connectivity index (χ1) is 14.2. The molecule has 0 saturated heterocycles. The summed E-state index contributed by atoms with van der Waals surface area (Å²) in [5, 5.41) is 2.79. The van der Waals surface area contributed by atoms with Crippen LogP contribution < -0.4 is 14.4 Å². The number of ether oxygens (including phenoxy) is 1. The topological polar surface area (TPSA) is 75.7 Å². The van der Waals surface area contributed by atoms with Crippen LogP contribution in [0.25, 0.3) is 0 Å². The summed E-state index contributed by atoms with van der Waals surface area (Å²) in [5.74, 6) is 0.103. The standard InChI is InChI=1S/C23H24N2O4S/c1-16-12-13-22(29-4)20(14-16)24-23(26)18-9-7-10-19(15-18)30(27,28)25(3)21-11-6-5-8-17(21)2/h5-15H,1-4H3,(H,24,26). The molecule has 3 aromatic rings. The fourth-order valence-electron chi connectivity index (χ4n) is 3.12. The molecule has 30 heavy (non-hydrogen) atoms. The van der Waals surface area contributed by atoms with E-state index in [0.717, 1.165) is 11.1 Å². The van der Waals surface area contributed by atoms with E-state index in [1.54, 1.807) is 36.4 Å². The lowest BCUT2D eigenvalue weighted by molar-refractivity contribution is 0.102. The number of anilines is 2. The van der Waals surface area contributed by atoms with Crippen LogP contribution in [0.2, 0.25) is 0 Å². The van der Waals surface area contributed by atoms with Gasteiger partial charge in [0.2, 0.25) is 0 Å². The first kappa shape index (κ1) is 21.4. The SMILES string of the molecule is COc1ccc(C)cc1NC(=O)c1cccc(S(=O)(=O)N(C)c2ccccc2C)c1. The number of rotatable bonds is 6. The molecule has 0 unspecified atom stereocenters. The van der Waals surface area contributed by atoms with Crippen LogP contribution in [0.1, 0.15) is 21.5 Å². The van der Waals surface area contributed by atoms with Crippen molar-refractivity contribution in [2.75, 3.05) is 23.8 Å². The molecule has 0 bridgehead atoms. The van der Waals surface area contributed by atoms with E-state index in [0.29, 0.717) is 17.1 Å². The van der Waals surface area contributed by atoms with Gasteiger partial charge in [-0.05, 0) is 61.4 Å². The zero-order valence-corrected chi connectivity index (χ0v) is 18.2. The van der Waals surface area contributed by atoms with Crippen LogP contribution in [0.3, 0.4) is 0 Å². The summed E-state index contributed by atoms with van der Waals surface area (Å²) in [6.07, 6.45) is 0. The van der Waals surface area contributed by atoms with Gasteiger partial charge in [-0.2, -0.15) is 0 Å². The number of amides is 1. The molecule has 0 atom stereocenters. The Morgan fingerprint density at radius 2 is 1.70 bits per heavy atom. The summed E-state index contributed by atoms with van der Waals surface area (Å²) in [6, 6.07) is 18.7. The minimum atomic E-state index is -3.83. The van der Waals surface area contributed by atoms with Gasteiger partial charge in [-0.25, -0.2) is 8.42 Å². The average Bonchev–Trinajstić information content (AvgIpc) is 2.74. The van der Waals surface area contributed by atoms with Gasteiger partial charge in [-0.1, -0.05) is 30.3 Å². The summed E-state index contributed by atoms with van der Waals surface area (Å²) in [5.41, 5.74) is 3.13. The van der Waals surface area contributed by atoms with E-state index in [2.05, 4.69) is 5.32 Å². The van der Waals surface area contributed by atoms with Crippen molar-refractivity contribution in [3.63, 3.8) is 0 Å². The molecule has 0 fully saturated rings. The van der Waals surface area contributed by atoms with Gasteiger partial charge in [-0.3, -0.25) is 9.10 Å². The van der Waals surface area contributed by atoms with Gasteiger partial charge in [0, 0.05) is 12.6 Å². The van der Waals surface area contributed by atoms with E-state index < -0.39 is 15.9 Å². The molecule has 0 spiro atoms. The number of sulfonamides is 1. The van der Waals surface area contributed by atoms with Crippen LogP contribution in [0, 0.1) is 13.8 Å². The number of methoxy groups -OCH3 is 1. The first-order valence-corrected chi connectivity index (χ1v) is 10.8. The Morgan fingerprint density at radius 3 is 2.40 bits per heavy atom. The Labute approximate surface area is 177 Å². The van der Waals surface area contributed by atoms with E-state index in [1.165, 1.54) is 30.6 Å². The van der Waals surface area contributed by atoms with Crippen LogP contribution >= 0.6 is 0 Å². The van der Waals surface area contributed by atoms with Gasteiger partial charge in [-0.15, -0.1) is 0 Å². The molecule has 0 saturated carbocycles. The molecular formula is C23H24N2O4S. The largest absolute Gasteiger partial charge is 0.495 e. The molecule has 7 heteroatoms. The molecule has 0 aliphatic rings. The maximum atomic E-state index is 13.1. The van der Waals surface area contributed by atoms with Crippen molar-refractivity contribution < 1.29 is 17.9 Å². The lowest BCUT2D eigenvalue weighted by Gasteiger charge is -2.21. The smallest absolute Gasteiger partial charge is 0.264 e. The summed E-state index contributed by atoms with van der Waals surface area (Å²) >= 11 is 0. The summed E-state index contributed by atoms with van der Waals surface area (Å²) in [4.78, 5) is 12.8. The van der Waals surface area contributed by atoms with Crippen molar-refractivity contribution in [2.24, 2.45) is 0 Å². The third-order valence-corrected chi connectivity index (χ3v) is 6.58. The van der Waals surface area contributed by atoms with Crippen LogP contribution in [-0.2, 0) is 10.0 Å². The fraction of sp³-hybridized carbons (Fsp3) is 0.174. The van der Waals surface area contributed by atoms with Gasteiger partial charge in [0.1, 0.15) is 5.75 Å². The van der Waals surface area contributed by atoms with Gasteiger partial charge in [0.15, 0.2) is 0 Å². The molecule has 1 N–H and O–H groups in total. The average molecular weight is 425 g/mol. The number of nitrogens with one attached hydrogen (secondary N) is 1. The number of hydrogen-bond donors (Lipinski definition) is 1. The number of carbonyl (C=O) groups is 1. The fourth-order valence-corrected chi connectivity index (χ4v) is 4.42. The van der Waals surface area contributed by atoms with E-state index in [4.69, 9.17) is 4.74 Å². The minimum absolute atomic E-state index is 0.0390. The predicted octanol–water partition coefficient (Wildman–Crippen LogP) is 4.39. The second kappa shape index (κ2) is 8.59. The highest BCUT2D eigenvalue weighted by Gasteiger charge is 2.23. The number of para-hydroxylation sites is 1. The first-order valence-electron chi connectivity index (χ1n) is 9.34. The van der Waals surface area contributed by atoms with Crippen LogP contribution in [0.15, 0.2) is 71.6 Å². The lowest BCUT2D eigenvalue weighted by Crippen LogP contribution is -2.27. The van der Waals surface area contributed by atoms with Crippen molar-refractivity contribution in [3.05, 3.63) is 83.4 Å². The zero-order chi connectivity index (χ0) is 21.9. The normalized spacial score (nSPS) is 11.1. The molecule has 156 valence electrons. The summed E-state index contributed by atoms with van der Waals surface area (Å²) < 4.78 is 32.8. The number of hydrogen-bond acceptors (Lipinski definition) is 4. The summed E-state index contributed by atoms with van der Waals surface area (Å²) in [6.45, 7) is 3.75. The summed E-state index contributed by atoms with van der Waals surface area (Å²) in [7, 11) is -0.810. The molecule has 1 amide bonds. The molecule has 0 radical (unpaired) electrons. The van der Waals surface area contributed by atoms with E-state index >= 15 is 0 Å². The Balaban J connectivity index is 1.91. The van der Waals surface area contributed by atoms with Crippen LogP contribution in [-0.4, -0.2) is 28.5 Å². The maximum Gasteiger partial charge on any atom is 0.264 e. The van der Waals surface area contributed by atoms with Crippen molar-refractivity contribution in [1.29, 1.82) is 0 Å². The number of nitrogens with zero attached hydrogens (tertiary/aromatic N) is 1. The van der Waals surface area contributed by atoms with E-state index in [-0.39, 0.29) is 10.5 Å². The number of aryl methyl sites for hydroxylation is 2. The van der Waals surface area contributed by atoms with Gasteiger partial charge in [0.05, 0.1) is 23.4 Å². The molecular weight excluding hydrogens is 400 g/mol. The molecule has 0 heterocycles. The Morgan fingerprint density at radius 1 is 0.967 bits per heavy atom. The van der Waals surface area contributed by atoms with Crippen molar-refractivity contribution in [3.8, 4) is 5.75 Å². The van der Waals surface area contributed by atoms with Crippen molar-refractivity contribution in [2.45, 2.75) is 18.7 Å². The molecule has 3 aromatic carbocycles. The second-order valence-electron chi connectivity index (χ2n) is 6.94. The molecule has 0 aliphatic carbocycles. The maximum absolute atomic E-state index is 13.1. The van der Waals surface area contributed by atoms with Crippen LogP contribution in [0.5, 0.6) is 5.75 Å². The highest BCUT2D eigenvalue weighted by molar-refractivity contribution is 7.92. The Kier molecular flexibility index (Phi) is 6.12. The third-order valence-electron chi connectivity index (χ3n) is 4.81. The number of carbonyl (C=O) groups excluding carboxylic acids is 1. The minimum Gasteiger partial charge on any atom is -0.495 e. The molecule has 3 rings (SSSR count). The van der Waals surface area contributed by atoms with Crippen molar-refractivity contribution >= 4 is 27.3 Å². The van der Waals surface area contributed by atoms with Gasteiger partial charge >= 0.3 is 0 Å². The Bertz CT molecular complexity index is 1190. The molecule has 6 nitrogen and oxygen atoms in total. The van der Waals surface area contributed by atoms with E-state index in [9.17, 15) is 13.2 Å². The quantitative estimate of drug-likeness (QED) is 0.637. The van der Waals surface area contributed by atoms with Crippen LogP contribution in [0.4, 0.5) is 11.4 Å². The van der Waals surface area contributed by atoms with E-state index in [1.807, 2.05) is 32.0 Å². The molecule has 0 aromatic heterocycles. The Hall–Kier alpha value is -3.32. The van der Waals surface area contributed by atoms with Crippen molar-refractivity contribution in [1.82, 2.24) is 0 Å². The second-order valence-corrected chi connectivity index (χ2v) is 8.91. The lowest BCUT2D eigenvalue weighted by atomic mass is 10.1. The highest BCUT2D eigenvalue weighted by atomic mass is 32.2. The monoisotopic (exact) mass is 424 g/mol. The zero-order valence-electron chi connectivity index (χ0n) is 17.3.